The molecule has 0 unspecified atom stereocenters. The number of carboxylic acids is 1. The van der Waals surface area contributed by atoms with Crippen LogP contribution in [0.1, 0.15) is 11.1 Å². The fourth-order valence-electron chi connectivity index (χ4n) is 2.42. The minimum Gasteiger partial charge on any atom is -0.477 e. The summed E-state index contributed by atoms with van der Waals surface area (Å²) in [6, 6.07) is 10.2. The summed E-state index contributed by atoms with van der Waals surface area (Å²) in [4.78, 5) is 21.8. The number of nitrogens with one attached hydrogen (secondary N) is 2. The van der Waals surface area contributed by atoms with Gasteiger partial charge in [0.15, 0.2) is 12.4 Å². The molecule has 0 fully saturated rings. The third kappa shape index (κ3) is 4.56. The van der Waals surface area contributed by atoms with Crippen molar-refractivity contribution >= 4 is 17.6 Å². The number of para-hydroxylation sites is 1. The number of benzene rings is 1. The van der Waals surface area contributed by atoms with Gasteiger partial charge in [0.25, 0.3) is 0 Å². The zero-order valence-corrected chi connectivity index (χ0v) is 14.8. The maximum atomic E-state index is 13.5. The first-order valence-electron chi connectivity index (χ1n) is 8.13. The number of carbonyl (C=O) groups is 2. The maximum absolute atomic E-state index is 13.5. The number of aliphatic carboxylic acids is 1. The Hall–Kier alpha value is -3.17. The van der Waals surface area contributed by atoms with E-state index in [0.29, 0.717) is 18.4 Å². The van der Waals surface area contributed by atoms with Crippen LogP contribution in [0.2, 0.25) is 0 Å². The monoisotopic (exact) mass is 400 g/mol. The summed E-state index contributed by atoms with van der Waals surface area (Å²) in [5.41, 5.74) is 5.51. The lowest BCUT2D eigenvalue weighted by Crippen LogP contribution is -2.57. The van der Waals surface area contributed by atoms with Crippen molar-refractivity contribution in [3.8, 4) is 0 Å². The number of carboxylic acid groups (broad SMARTS) is 1. The molecule has 0 saturated heterocycles. The Labute approximate surface area is 157 Å². The van der Waals surface area contributed by atoms with E-state index >= 15 is 0 Å². The molecule has 0 aliphatic carbocycles. The minimum atomic E-state index is -5.54. The van der Waals surface area contributed by atoms with Gasteiger partial charge in [-0.15, -0.1) is 0 Å². The molecule has 3 N–H and O–H groups in total. The quantitative estimate of drug-likeness (QED) is 0.360. The van der Waals surface area contributed by atoms with E-state index in [-0.39, 0.29) is 5.69 Å². The molecule has 28 heavy (non-hydrogen) atoms. The van der Waals surface area contributed by atoms with Crippen molar-refractivity contribution in [2.24, 2.45) is 7.05 Å². The molecule has 0 aliphatic rings. The number of alkyl halides is 4. The number of nitrogens with zero attached hydrogens (tertiary/aromatic N) is 1. The Kier molecular flexibility index (Phi) is 6.22. The van der Waals surface area contributed by atoms with E-state index in [0.717, 1.165) is 5.56 Å². The van der Waals surface area contributed by atoms with Crippen molar-refractivity contribution in [1.29, 1.82) is 0 Å². The van der Waals surface area contributed by atoms with Crippen LogP contribution in [-0.4, -0.2) is 28.8 Å². The second-order valence-electron chi connectivity index (χ2n) is 6.07. The van der Waals surface area contributed by atoms with E-state index in [9.17, 15) is 27.2 Å². The normalized spacial score (nSPS) is 11.8. The largest absolute Gasteiger partial charge is 0.477 e. The van der Waals surface area contributed by atoms with Crippen LogP contribution in [-0.2, 0) is 29.5 Å². The first-order chi connectivity index (χ1) is 13.1. The van der Waals surface area contributed by atoms with Crippen LogP contribution in [0.5, 0.6) is 0 Å². The smallest absolute Gasteiger partial charge is 0.413 e. The standard InChI is InChI=1S/C18H17F4N3O3/c1-25-10-4-5-12(11-25)8-9-13-6-2-3-7-14(13)23-24-15(26)17(19,20)18(21,22)16(27)28/h2-7,10-11,23H,8-9H2,1H3,(H-,24,26,27,28)/p+1. The average molecular weight is 400 g/mol. The van der Waals surface area contributed by atoms with Gasteiger partial charge in [-0.05, 0) is 30.5 Å². The number of pyridine rings is 1. The summed E-state index contributed by atoms with van der Waals surface area (Å²) in [6.45, 7) is 0. The highest BCUT2D eigenvalue weighted by Gasteiger charge is 2.67. The van der Waals surface area contributed by atoms with Crippen LogP contribution in [0.25, 0.3) is 0 Å². The van der Waals surface area contributed by atoms with Gasteiger partial charge in [-0.1, -0.05) is 18.2 Å². The van der Waals surface area contributed by atoms with Crippen molar-refractivity contribution in [1.82, 2.24) is 5.43 Å². The van der Waals surface area contributed by atoms with Gasteiger partial charge in [0.1, 0.15) is 7.05 Å². The fraction of sp³-hybridized carbons (Fsp3) is 0.278. The summed E-state index contributed by atoms with van der Waals surface area (Å²) in [5.74, 6) is -16.5. The molecule has 0 atom stereocenters. The number of anilines is 1. The maximum Gasteiger partial charge on any atom is 0.413 e. The molecular weight excluding hydrogens is 382 g/mol. The van der Waals surface area contributed by atoms with E-state index in [1.165, 1.54) is 11.5 Å². The highest BCUT2D eigenvalue weighted by molar-refractivity contribution is 5.92. The van der Waals surface area contributed by atoms with Gasteiger partial charge in [-0.25, -0.2) is 9.36 Å². The van der Waals surface area contributed by atoms with Crippen molar-refractivity contribution in [2.75, 3.05) is 5.43 Å². The van der Waals surface area contributed by atoms with Gasteiger partial charge in [0.2, 0.25) is 0 Å². The molecule has 0 bridgehead atoms. The van der Waals surface area contributed by atoms with E-state index in [4.69, 9.17) is 5.11 Å². The van der Waals surface area contributed by atoms with Crippen LogP contribution in [0.3, 0.4) is 0 Å². The highest BCUT2D eigenvalue weighted by Crippen LogP contribution is 2.34. The first kappa shape index (κ1) is 21.1. The van der Waals surface area contributed by atoms with Crippen LogP contribution in [0, 0.1) is 0 Å². The van der Waals surface area contributed by atoms with Gasteiger partial charge >= 0.3 is 23.7 Å². The second kappa shape index (κ2) is 8.24. The molecule has 1 aromatic heterocycles. The van der Waals surface area contributed by atoms with E-state index in [1.807, 2.05) is 36.1 Å². The molecule has 1 heterocycles. The summed E-state index contributed by atoms with van der Waals surface area (Å²) in [7, 11) is 1.86. The van der Waals surface area contributed by atoms with E-state index in [2.05, 4.69) is 5.43 Å². The molecule has 6 nitrogen and oxygen atoms in total. The predicted molar refractivity (Wildman–Crippen MR) is 90.8 cm³/mol. The van der Waals surface area contributed by atoms with Gasteiger partial charge in [-0.3, -0.25) is 15.6 Å². The highest BCUT2D eigenvalue weighted by atomic mass is 19.3. The van der Waals surface area contributed by atoms with Crippen molar-refractivity contribution < 1.29 is 36.8 Å². The van der Waals surface area contributed by atoms with Crippen LogP contribution in [0.4, 0.5) is 23.2 Å². The Morgan fingerprint density at radius 2 is 1.71 bits per heavy atom. The number of rotatable bonds is 8. The predicted octanol–water partition coefficient (Wildman–Crippen LogP) is 2.09. The van der Waals surface area contributed by atoms with Crippen LogP contribution < -0.4 is 15.4 Å². The summed E-state index contributed by atoms with van der Waals surface area (Å²) in [6.07, 6.45) is 4.85. The van der Waals surface area contributed by atoms with Gasteiger partial charge in [-0.2, -0.15) is 17.6 Å². The zero-order chi connectivity index (χ0) is 20.9. The minimum absolute atomic E-state index is 0.227. The molecule has 0 aliphatic heterocycles. The number of carbonyl (C=O) groups excluding carboxylic acids is 1. The fourth-order valence-corrected chi connectivity index (χ4v) is 2.42. The Morgan fingerprint density at radius 3 is 2.36 bits per heavy atom. The molecule has 1 aromatic carbocycles. The third-order valence-corrected chi connectivity index (χ3v) is 3.96. The number of hydrogen-bond acceptors (Lipinski definition) is 3. The Balaban J connectivity index is 2.07. The number of aromatic nitrogens is 1. The molecule has 0 radical (unpaired) electrons. The molecule has 1 amide bonds. The van der Waals surface area contributed by atoms with Crippen molar-refractivity contribution in [3.63, 3.8) is 0 Å². The topological polar surface area (TPSA) is 82.3 Å². The van der Waals surface area contributed by atoms with E-state index < -0.39 is 23.7 Å². The summed E-state index contributed by atoms with van der Waals surface area (Å²) >= 11 is 0. The number of halogens is 4. The van der Waals surface area contributed by atoms with Crippen LogP contribution >= 0.6 is 0 Å². The number of hydrogen-bond donors (Lipinski definition) is 3. The molecule has 150 valence electrons. The second-order valence-corrected chi connectivity index (χ2v) is 6.07. The molecule has 10 heteroatoms. The molecular formula is C18H18F4N3O3+. The number of hydrazine groups is 1. The van der Waals surface area contributed by atoms with Gasteiger partial charge in [0.05, 0.1) is 5.69 Å². The van der Waals surface area contributed by atoms with Crippen LogP contribution in [0.15, 0.2) is 48.8 Å². The SMILES string of the molecule is C[n+]1cccc(CCc2ccccc2NNC(=O)C(F)(F)C(F)(F)C(=O)O)c1. The zero-order valence-electron chi connectivity index (χ0n) is 14.8. The Bertz CT molecular complexity index is 875. The molecule has 0 saturated carbocycles. The average Bonchev–Trinajstić information content (AvgIpc) is 2.64. The molecule has 2 rings (SSSR count). The summed E-state index contributed by atoms with van der Waals surface area (Å²) < 4.78 is 55.0. The molecule has 0 spiro atoms. The van der Waals surface area contributed by atoms with Gasteiger partial charge in [0, 0.05) is 11.6 Å². The third-order valence-electron chi connectivity index (χ3n) is 3.96. The van der Waals surface area contributed by atoms with Crippen molar-refractivity contribution in [2.45, 2.75) is 24.7 Å². The number of aryl methyl sites for hydroxylation is 3. The number of amides is 1. The summed E-state index contributed by atoms with van der Waals surface area (Å²) in [5, 5.41) is 8.22. The van der Waals surface area contributed by atoms with Gasteiger partial charge < -0.3 is 5.11 Å². The lowest BCUT2D eigenvalue weighted by Gasteiger charge is -2.22. The molecule has 2 aromatic rings. The Morgan fingerprint density at radius 1 is 1.04 bits per heavy atom. The first-order valence-corrected chi connectivity index (χ1v) is 8.13. The lowest BCUT2D eigenvalue weighted by atomic mass is 10.0. The lowest BCUT2D eigenvalue weighted by molar-refractivity contribution is -0.671. The van der Waals surface area contributed by atoms with Crippen molar-refractivity contribution in [3.05, 3.63) is 59.9 Å². The van der Waals surface area contributed by atoms with E-state index in [1.54, 1.807) is 18.2 Å².